The van der Waals surface area contributed by atoms with E-state index in [4.69, 9.17) is 10.5 Å². The lowest BCUT2D eigenvalue weighted by molar-refractivity contribution is -0.122. The van der Waals surface area contributed by atoms with Gasteiger partial charge in [0.2, 0.25) is 5.91 Å². The smallest absolute Gasteiger partial charge is 0.222 e. The van der Waals surface area contributed by atoms with Crippen LogP contribution in [0.25, 0.3) is 0 Å². The molecule has 1 aliphatic rings. The average Bonchev–Trinajstić information content (AvgIpc) is 2.62. The Morgan fingerprint density at radius 1 is 1.60 bits per heavy atom. The van der Waals surface area contributed by atoms with Crippen molar-refractivity contribution in [2.75, 3.05) is 13.2 Å². The summed E-state index contributed by atoms with van der Waals surface area (Å²) in [6, 6.07) is 0.535. The van der Waals surface area contributed by atoms with Gasteiger partial charge in [-0.3, -0.25) is 4.79 Å². The van der Waals surface area contributed by atoms with Crippen LogP contribution in [0.4, 0.5) is 0 Å². The number of hydrogen-bond donors (Lipinski definition) is 2. The highest BCUT2D eigenvalue weighted by Gasteiger charge is 2.31. The molecule has 15 heavy (non-hydrogen) atoms. The maximum Gasteiger partial charge on any atom is 0.222 e. The molecule has 0 spiro atoms. The molecule has 0 bridgehead atoms. The van der Waals surface area contributed by atoms with Crippen molar-refractivity contribution >= 4 is 5.91 Å². The summed E-state index contributed by atoms with van der Waals surface area (Å²) in [6.45, 7) is 5.48. The molecule has 1 fully saturated rings. The summed E-state index contributed by atoms with van der Waals surface area (Å²) in [7, 11) is 0. The number of nitrogens with one attached hydrogen (secondary N) is 1. The average molecular weight is 214 g/mol. The van der Waals surface area contributed by atoms with Gasteiger partial charge in [0.05, 0.1) is 12.5 Å². The summed E-state index contributed by atoms with van der Waals surface area (Å²) in [5.74, 6) is -0.164. The summed E-state index contributed by atoms with van der Waals surface area (Å²) < 4.78 is 5.32. The molecule has 1 rings (SSSR count). The Morgan fingerprint density at radius 2 is 2.33 bits per heavy atom. The number of carbonyl (C=O) groups excluding carboxylic acids is 1. The minimum Gasteiger partial charge on any atom is -0.380 e. The lowest BCUT2D eigenvalue weighted by Gasteiger charge is -2.23. The Kier molecular flexibility index (Phi) is 5.05. The van der Waals surface area contributed by atoms with Crippen LogP contribution in [-0.4, -0.2) is 31.2 Å². The van der Waals surface area contributed by atoms with Gasteiger partial charge >= 0.3 is 0 Å². The van der Waals surface area contributed by atoms with Crippen molar-refractivity contribution in [3.8, 4) is 0 Å². The first-order chi connectivity index (χ1) is 7.15. The molecule has 3 N–H and O–H groups in total. The van der Waals surface area contributed by atoms with Crippen LogP contribution in [0.5, 0.6) is 0 Å². The van der Waals surface area contributed by atoms with Gasteiger partial charge in [0.25, 0.3) is 0 Å². The van der Waals surface area contributed by atoms with Crippen LogP contribution in [0, 0.1) is 5.92 Å². The zero-order chi connectivity index (χ0) is 11.3. The Labute approximate surface area is 91.5 Å². The minimum absolute atomic E-state index is 0.00840. The zero-order valence-corrected chi connectivity index (χ0v) is 9.66. The highest BCUT2D eigenvalue weighted by molar-refractivity contribution is 5.77. The fourth-order valence-corrected chi connectivity index (χ4v) is 2.21. The van der Waals surface area contributed by atoms with Gasteiger partial charge in [-0.1, -0.05) is 6.42 Å². The van der Waals surface area contributed by atoms with Crippen molar-refractivity contribution < 1.29 is 9.53 Å². The number of primary amides is 1. The molecule has 0 aromatic carbocycles. The predicted molar refractivity (Wildman–Crippen MR) is 59.4 cm³/mol. The SMILES string of the molecule is CCOCC(C)NC1CCCC1C(N)=O. The minimum atomic E-state index is -0.173. The molecule has 0 heterocycles. The van der Waals surface area contributed by atoms with Crippen molar-refractivity contribution in [2.45, 2.75) is 45.2 Å². The van der Waals surface area contributed by atoms with E-state index >= 15 is 0 Å². The summed E-state index contributed by atoms with van der Waals surface area (Å²) in [5, 5.41) is 3.42. The van der Waals surface area contributed by atoms with Crippen LogP contribution in [-0.2, 0) is 9.53 Å². The van der Waals surface area contributed by atoms with Gasteiger partial charge < -0.3 is 15.8 Å². The van der Waals surface area contributed by atoms with E-state index in [9.17, 15) is 4.79 Å². The first-order valence-electron chi connectivity index (χ1n) is 5.78. The molecule has 1 aliphatic carbocycles. The van der Waals surface area contributed by atoms with Crippen molar-refractivity contribution in [2.24, 2.45) is 11.7 Å². The molecule has 0 saturated heterocycles. The Bertz CT molecular complexity index is 209. The second-order valence-corrected chi connectivity index (χ2v) is 4.27. The molecule has 88 valence electrons. The molecule has 0 aliphatic heterocycles. The van der Waals surface area contributed by atoms with Crippen LogP contribution in [0.3, 0.4) is 0 Å². The number of ether oxygens (including phenoxy) is 1. The maximum absolute atomic E-state index is 11.2. The van der Waals surface area contributed by atoms with Crippen molar-refractivity contribution in [1.82, 2.24) is 5.32 Å². The van der Waals surface area contributed by atoms with E-state index in [0.717, 1.165) is 25.9 Å². The lowest BCUT2D eigenvalue weighted by Crippen LogP contribution is -2.44. The van der Waals surface area contributed by atoms with E-state index in [1.807, 2.05) is 6.92 Å². The molecule has 3 unspecified atom stereocenters. The lowest BCUT2D eigenvalue weighted by atomic mass is 10.0. The van der Waals surface area contributed by atoms with Crippen LogP contribution in [0.15, 0.2) is 0 Å². The number of amides is 1. The van der Waals surface area contributed by atoms with E-state index in [-0.39, 0.29) is 23.9 Å². The third-order valence-electron chi connectivity index (χ3n) is 2.95. The largest absolute Gasteiger partial charge is 0.380 e. The zero-order valence-electron chi connectivity index (χ0n) is 9.66. The third kappa shape index (κ3) is 3.80. The number of rotatable bonds is 6. The van der Waals surface area contributed by atoms with Crippen molar-refractivity contribution in [3.05, 3.63) is 0 Å². The monoisotopic (exact) mass is 214 g/mol. The molecule has 0 radical (unpaired) electrons. The second-order valence-electron chi connectivity index (χ2n) is 4.27. The summed E-state index contributed by atoms with van der Waals surface area (Å²) in [6.07, 6.45) is 3.06. The molecule has 3 atom stereocenters. The molecule has 1 saturated carbocycles. The van der Waals surface area contributed by atoms with Gasteiger partial charge in [-0.15, -0.1) is 0 Å². The van der Waals surface area contributed by atoms with Gasteiger partial charge in [0.1, 0.15) is 0 Å². The van der Waals surface area contributed by atoms with E-state index in [1.165, 1.54) is 0 Å². The standard InChI is InChI=1S/C11H22N2O2/c1-3-15-7-8(2)13-10-6-4-5-9(10)11(12)14/h8-10,13H,3-7H2,1-2H3,(H2,12,14). The predicted octanol–water partition coefficient (Wildman–Crippen LogP) is 0.655. The number of nitrogens with two attached hydrogens (primary N) is 1. The van der Waals surface area contributed by atoms with E-state index in [2.05, 4.69) is 12.2 Å². The van der Waals surface area contributed by atoms with Gasteiger partial charge in [0, 0.05) is 18.7 Å². The van der Waals surface area contributed by atoms with E-state index in [0.29, 0.717) is 6.61 Å². The topological polar surface area (TPSA) is 64.3 Å². The highest BCUT2D eigenvalue weighted by Crippen LogP contribution is 2.25. The number of hydrogen-bond acceptors (Lipinski definition) is 3. The second kappa shape index (κ2) is 6.08. The van der Waals surface area contributed by atoms with Gasteiger partial charge in [-0.25, -0.2) is 0 Å². The van der Waals surface area contributed by atoms with Crippen molar-refractivity contribution in [1.29, 1.82) is 0 Å². The molecule has 0 aromatic heterocycles. The normalized spacial score (nSPS) is 27.9. The molecular weight excluding hydrogens is 192 g/mol. The highest BCUT2D eigenvalue weighted by atomic mass is 16.5. The Morgan fingerprint density at radius 3 is 2.93 bits per heavy atom. The third-order valence-corrected chi connectivity index (χ3v) is 2.95. The Hall–Kier alpha value is -0.610. The van der Waals surface area contributed by atoms with E-state index < -0.39 is 0 Å². The first kappa shape index (κ1) is 12.5. The molecule has 0 aromatic rings. The van der Waals surface area contributed by atoms with E-state index in [1.54, 1.807) is 0 Å². The van der Waals surface area contributed by atoms with Crippen LogP contribution in [0.1, 0.15) is 33.1 Å². The van der Waals surface area contributed by atoms with Crippen LogP contribution < -0.4 is 11.1 Å². The van der Waals surface area contributed by atoms with Crippen LogP contribution in [0.2, 0.25) is 0 Å². The summed E-state index contributed by atoms with van der Waals surface area (Å²) in [4.78, 5) is 11.2. The fourth-order valence-electron chi connectivity index (χ4n) is 2.21. The fraction of sp³-hybridized carbons (Fsp3) is 0.909. The molecular formula is C11H22N2O2. The quantitative estimate of drug-likeness (QED) is 0.682. The van der Waals surface area contributed by atoms with Gasteiger partial charge in [-0.05, 0) is 26.7 Å². The van der Waals surface area contributed by atoms with Gasteiger partial charge in [0.15, 0.2) is 0 Å². The van der Waals surface area contributed by atoms with Crippen LogP contribution >= 0.6 is 0 Å². The first-order valence-corrected chi connectivity index (χ1v) is 5.78. The van der Waals surface area contributed by atoms with Gasteiger partial charge in [-0.2, -0.15) is 0 Å². The summed E-state index contributed by atoms with van der Waals surface area (Å²) >= 11 is 0. The maximum atomic E-state index is 11.2. The number of carbonyl (C=O) groups is 1. The molecule has 4 nitrogen and oxygen atoms in total. The molecule has 4 heteroatoms. The molecule has 1 amide bonds. The summed E-state index contributed by atoms with van der Waals surface area (Å²) in [5.41, 5.74) is 5.35. The van der Waals surface area contributed by atoms with Crippen molar-refractivity contribution in [3.63, 3.8) is 0 Å². The Balaban J connectivity index is 2.33.